The van der Waals surface area contributed by atoms with Gasteiger partial charge in [0.2, 0.25) is 5.88 Å². The molecule has 4 heterocycles. The third-order valence-corrected chi connectivity index (χ3v) is 4.17. The van der Waals surface area contributed by atoms with Crippen molar-refractivity contribution >= 4 is 22.6 Å². The number of aryl methyl sites for hydroxylation is 1. The second-order valence-electron chi connectivity index (χ2n) is 5.54. The quantitative estimate of drug-likeness (QED) is 0.578. The molecule has 4 rings (SSSR count). The molecule has 1 N–H and O–H groups in total. The van der Waals surface area contributed by atoms with Crippen LogP contribution in [0.5, 0.6) is 11.6 Å². The van der Waals surface area contributed by atoms with Crippen LogP contribution in [0, 0.1) is 0 Å². The Kier molecular flexibility index (Phi) is 4.40. The summed E-state index contributed by atoms with van der Waals surface area (Å²) in [5.74, 6) is 1.40. The van der Waals surface area contributed by atoms with Crippen LogP contribution >= 0.6 is 11.6 Å². The lowest BCUT2D eigenvalue weighted by Crippen LogP contribution is -2.01. The van der Waals surface area contributed by atoms with Crippen molar-refractivity contribution in [1.29, 1.82) is 0 Å². The van der Waals surface area contributed by atoms with Gasteiger partial charge in [-0.05, 0) is 12.0 Å². The first kappa shape index (κ1) is 16.3. The molecular formula is C17H14ClN7O. The maximum absolute atomic E-state index is 6.50. The number of fused-ring (bicyclic) bond motifs is 1. The Hall–Kier alpha value is -3.13. The molecule has 4 aromatic heterocycles. The lowest BCUT2D eigenvalue weighted by molar-refractivity contribution is 0.461. The molecule has 26 heavy (non-hydrogen) atoms. The fourth-order valence-electron chi connectivity index (χ4n) is 2.57. The highest BCUT2D eigenvalue weighted by Gasteiger charge is 2.18. The van der Waals surface area contributed by atoms with E-state index in [1.807, 2.05) is 6.92 Å². The van der Waals surface area contributed by atoms with E-state index in [-0.39, 0.29) is 0 Å². The van der Waals surface area contributed by atoms with Gasteiger partial charge >= 0.3 is 0 Å². The van der Waals surface area contributed by atoms with Gasteiger partial charge in [-0.1, -0.05) is 18.5 Å². The van der Waals surface area contributed by atoms with Gasteiger partial charge < -0.3 is 9.72 Å². The fourth-order valence-corrected chi connectivity index (χ4v) is 2.92. The van der Waals surface area contributed by atoms with Crippen LogP contribution in [0.2, 0.25) is 5.02 Å². The lowest BCUT2D eigenvalue weighted by Gasteiger charge is -2.07. The number of H-pyrrole nitrogens is 1. The van der Waals surface area contributed by atoms with Gasteiger partial charge in [0.05, 0.1) is 17.4 Å². The van der Waals surface area contributed by atoms with Crippen molar-refractivity contribution in [3.63, 3.8) is 0 Å². The normalized spacial score (nSPS) is 11.0. The standard InChI is InChI=1S/C17H14ClN7O/c1-2-12-15(18)14-16(23-12)24-13(3-10-4-19-8-20-5-10)25-17(14)26-11-6-21-9-22-7-11/h4-9H,2-3H2,1H3,(H,23,24,25). The molecule has 0 aliphatic carbocycles. The van der Waals surface area contributed by atoms with Gasteiger partial charge in [-0.15, -0.1) is 0 Å². The monoisotopic (exact) mass is 367 g/mol. The maximum atomic E-state index is 6.50. The van der Waals surface area contributed by atoms with E-state index in [1.54, 1.807) is 24.8 Å². The molecule has 9 heteroatoms. The van der Waals surface area contributed by atoms with Crippen molar-refractivity contribution in [3.8, 4) is 11.6 Å². The molecule has 4 aromatic rings. The van der Waals surface area contributed by atoms with Crippen LogP contribution in [0.15, 0.2) is 37.4 Å². The maximum Gasteiger partial charge on any atom is 0.233 e. The zero-order valence-electron chi connectivity index (χ0n) is 13.8. The predicted molar refractivity (Wildman–Crippen MR) is 95.2 cm³/mol. The molecule has 0 saturated carbocycles. The van der Waals surface area contributed by atoms with Gasteiger partial charge in [0.15, 0.2) is 5.75 Å². The SMILES string of the molecule is CCc1[nH]c2nc(Cc3cncnc3)nc(Oc3cncnc3)c2c1Cl. The summed E-state index contributed by atoms with van der Waals surface area (Å²) in [6.45, 7) is 2.01. The summed E-state index contributed by atoms with van der Waals surface area (Å²) in [6, 6.07) is 0. The van der Waals surface area contributed by atoms with Crippen molar-refractivity contribution in [3.05, 3.63) is 59.5 Å². The van der Waals surface area contributed by atoms with E-state index in [1.165, 1.54) is 12.7 Å². The summed E-state index contributed by atoms with van der Waals surface area (Å²) >= 11 is 6.50. The van der Waals surface area contributed by atoms with E-state index in [2.05, 4.69) is 34.9 Å². The average molecular weight is 368 g/mol. The Labute approximate surface area is 153 Å². The largest absolute Gasteiger partial charge is 0.435 e. The molecule has 130 valence electrons. The Balaban J connectivity index is 1.81. The first-order valence-corrected chi connectivity index (χ1v) is 8.36. The van der Waals surface area contributed by atoms with Crippen molar-refractivity contribution in [2.75, 3.05) is 0 Å². The van der Waals surface area contributed by atoms with Crippen molar-refractivity contribution in [1.82, 2.24) is 34.9 Å². The third-order valence-electron chi connectivity index (χ3n) is 3.76. The highest BCUT2D eigenvalue weighted by Crippen LogP contribution is 2.35. The summed E-state index contributed by atoms with van der Waals surface area (Å²) in [6.07, 6.45) is 10.7. The van der Waals surface area contributed by atoms with Crippen LogP contribution < -0.4 is 4.74 Å². The summed E-state index contributed by atoms with van der Waals surface area (Å²) in [4.78, 5) is 28.3. The van der Waals surface area contributed by atoms with Crippen LogP contribution in [0.25, 0.3) is 11.0 Å². The Morgan fingerprint density at radius 2 is 1.69 bits per heavy atom. The Morgan fingerprint density at radius 1 is 1.00 bits per heavy atom. The highest BCUT2D eigenvalue weighted by atomic mass is 35.5. The summed E-state index contributed by atoms with van der Waals surface area (Å²) in [5.41, 5.74) is 2.40. The van der Waals surface area contributed by atoms with E-state index >= 15 is 0 Å². The van der Waals surface area contributed by atoms with E-state index in [9.17, 15) is 0 Å². The number of halogens is 1. The van der Waals surface area contributed by atoms with Gasteiger partial charge in [-0.25, -0.2) is 24.9 Å². The first-order chi connectivity index (χ1) is 12.7. The van der Waals surface area contributed by atoms with Crippen molar-refractivity contribution in [2.24, 2.45) is 0 Å². The van der Waals surface area contributed by atoms with Gasteiger partial charge in [-0.2, -0.15) is 4.98 Å². The second kappa shape index (κ2) is 7.01. The average Bonchev–Trinajstić information content (AvgIpc) is 2.99. The van der Waals surface area contributed by atoms with Crippen LogP contribution in [-0.2, 0) is 12.8 Å². The first-order valence-electron chi connectivity index (χ1n) is 7.98. The van der Waals surface area contributed by atoms with Gasteiger partial charge in [0.25, 0.3) is 0 Å². The molecule has 0 bridgehead atoms. The molecular weight excluding hydrogens is 354 g/mol. The number of rotatable bonds is 5. The lowest BCUT2D eigenvalue weighted by atomic mass is 10.2. The number of nitrogens with one attached hydrogen (secondary N) is 1. The van der Waals surface area contributed by atoms with Gasteiger partial charge in [0.1, 0.15) is 29.5 Å². The summed E-state index contributed by atoms with van der Waals surface area (Å²) in [5, 5.41) is 1.20. The number of aromatic amines is 1. The summed E-state index contributed by atoms with van der Waals surface area (Å²) in [7, 11) is 0. The molecule has 0 spiro atoms. The van der Waals surface area contributed by atoms with E-state index < -0.39 is 0 Å². The fraction of sp³-hybridized carbons (Fsp3) is 0.176. The molecule has 0 unspecified atom stereocenters. The van der Waals surface area contributed by atoms with Crippen LogP contribution in [0.4, 0.5) is 0 Å². The molecule has 0 atom stereocenters. The Morgan fingerprint density at radius 3 is 2.38 bits per heavy atom. The molecule has 0 fully saturated rings. The molecule has 0 amide bonds. The van der Waals surface area contributed by atoms with Crippen LogP contribution in [0.1, 0.15) is 24.0 Å². The zero-order chi connectivity index (χ0) is 17.9. The number of aromatic nitrogens is 7. The van der Waals surface area contributed by atoms with Crippen molar-refractivity contribution < 1.29 is 4.74 Å². The number of hydrogen-bond acceptors (Lipinski definition) is 7. The minimum Gasteiger partial charge on any atom is -0.435 e. The van der Waals surface area contributed by atoms with Crippen LogP contribution in [-0.4, -0.2) is 34.9 Å². The van der Waals surface area contributed by atoms with Gasteiger partial charge in [-0.3, -0.25) is 0 Å². The summed E-state index contributed by atoms with van der Waals surface area (Å²) < 4.78 is 5.90. The zero-order valence-corrected chi connectivity index (χ0v) is 14.6. The number of nitrogens with zero attached hydrogens (tertiary/aromatic N) is 6. The Bertz CT molecular complexity index is 1040. The van der Waals surface area contributed by atoms with E-state index in [0.29, 0.717) is 39.9 Å². The number of ether oxygens (including phenoxy) is 1. The molecule has 0 radical (unpaired) electrons. The minimum absolute atomic E-state index is 0.359. The number of hydrogen-bond donors (Lipinski definition) is 1. The smallest absolute Gasteiger partial charge is 0.233 e. The highest BCUT2D eigenvalue weighted by molar-refractivity contribution is 6.36. The minimum atomic E-state index is 0.359. The predicted octanol–water partition coefficient (Wildman–Crippen LogP) is 3.14. The van der Waals surface area contributed by atoms with Crippen molar-refractivity contribution in [2.45, 2.75) is 19.8 Å². The van der Waals surface area contributed by atoms with E-state index in [4.69, 9.17) is 16.3 Å². The molecule has 0 aliphatic heterocycles. The molecule has 0 aromatic carbocycles. The molecule has 0 aliphatic rings. The molecule has 0 saturated heterocycles. The topological polar surface area (TPSA) is 102 Å². The molecule has 8 nitrogen and oxygen atoms in total. The second-order valence-corrected chi connectivity index (χ2v) is 5.92. The van der Waals surface area contributed by atoms with E-state index in [0.717, 1.165) is 17.7 Å². The van der Waals surface area contributed by atoms with Crippen LogP contribution in [0.3, 0.4) is 0 Å². The third kappa shape index (κ3) is 3.18. The van der Waals surface area contributed by atoms with Gasteiger partial charge in [0, 0.05) is 24.5 Å².